The molecule has 0 atom stereocenters. The van der Waals surface area contributed by atoms with Crippen molar-refractivity contribution in [2.45, 2.75) is 13.8 Å². The van der Waals surface area contributed by atoms with E-state index in [2.05, 4.69) is 5.32 Å². The van der Waals surface area contributed by atoms with Crippen molar-refractivity contribution in [3.8, 4) is 17.6 Å². The second-order valence-corrected chi connectivity index (χ2v) is 6.24. The van der Waals surface area contributed by atoms with Crippen molar-refractivity contribution in [1.82, 2.24) is 0 Å². The van der Waals surface area contributed by atoms with Crippen LogP contribution in [0, 0.1) is 11.3 Å². The second kappa shape index (κ2) is 11.8. The third-order valence-electron chi connectivity index (χ3n) is 3.95. The zero-order valence-corrected chi connectivity index (χ0v) is 17.6. The highest BCUT2D eigenvalue weighted by molar-refractivity contribution is 6.09. The Morgan fingerprint density at radius 1 is 1.03 bits per heavy atom. The van der Waals surface area contributed by atoms with Gasteiger partial charge in [0.15, 0.2) is 18.1 Å². The maximum absolute atomic E-state index is 12.5. The Balaban J connectivity index is 2.18. The molecule has 32 heavy (non-hydrogen) atoms. The van der Waals surface area contributed by atoms with Gasteiger partial charge in [0.2, 0.25) is 0 Å². The van der Waals surface area contributed by atoms with Gasteiger partial charge >= 0.3 is 11.9 Å². The number of carbonyl (C=O) groups excluding carboxylic acids is 2. The number of anilines is 1. The summed E-state index contributed by atoms with van der Waals surface area (Å²) >= 11 is 0. The molecule has 0 saturated carbocycles. The highest BCUT2D eigenvalue weighted by atomic mass is 16.5. The Labute approximate surface area is 184 Å². The number of rotatable bonds is 10. The van der Waals surface area contributed by atoms with Crippen molar-refractivity contribution < 1.29 is 33.7 Å². The molecule has 0 spiro atoms. The summed E-state index contributed by atoms with van der Waals surface area (Å²) in [5, 5.41) is 20.8. The van der Waals surface area contributed by atoms with Crippen LogP contribution in [0.1, 0.15) is 29.8 Å². The minimum absolute atomic E-state index is 0.166. The van der Waals surface area contributed by atoms with Gasteiger partial charge in [-0.05, 0) is 61.9 Å². The quantitative estimate of drug-likeness (QED) is 0.328. The average molecular weight is 438 g/mol. The fourth-order valence-corrected chi connectivity index (χ4v) is 2.56. The summed E-state index contributed by atoms with van der Waals surface area (Å²) in [6.45, 7) is 3.49. The normalized spacial score (nSPS) is 10.6. The summed E-state index contributed by atoms with van der Waals surface area (Å²) in [5.74, 6) is -1.72. The first-order valence-corrected chi connectivity index (χ1v) is 9.69. The van der Waals surface area contributed by atoms with Crippen LogP contribution in [0.4, 0.5) is 5.69 Å². The molecule has 2 aromatic rings. The molecule has 0 saturated heterocycles. The van der Waals surface area contributed by atoms with Gasteiger partial charge in [0.1, 0.15) is 11.6 Å². The monoisotopic (exact) mass is 438 g/mol. The van der Waals surface area contributed by atoms with Crippen molar-refractivity contribution in [1.29, 1.82) is 5.26 Å². The number of benzene rings is 2. The van der Waals surface area contributed by atoms with E-state index < -0.39 is 24.5 Å². The molecule has 9 heteroatoms. The van der Waals surface area contributed by atoms with Crippen molar-refractivity contribution in [2.75, 3.05) is 25.1 Å². The lowest BCUT2D eigenvalue weighted by Crippen LogP contribution is -2.13. The largest absolute Gasteiger partial charge is 0.490 e. The van der Waals surface area contributed by atoms with E-state index in [1.165, 1.54) is 36.4 Å². The first-order valence-electron chi connectivity index (χ1n) is 9.69. The average Bonchev–Trinajstić information content (AvgIpc) is 2.77. The minimum Gasteiger partial charge on any atom is -0.490 e. The summed E-state index contributed by atoms with van der Waals surface area (Å²) in [6, 6.07) is 12.5. The summed E-state index contributed by atoms with van der Waals surface area (Å²) in [5.41, 5.74) is 1.06. The van der Waals surface area contributed by atoms with Gasteiger partial charge in [-0.3, -0.25) is 4.79 Å². The molecule has 0 bridgehead atoms. The predicted octanol–water partition coefficient (Wildman–Crippen LogP) is 3.27. The van der Waals surface area contributed by atoms with Crippen LogP contribution in [0.3, 0.4) is 0 Å². The van der Waals surface area contributed by atoms with E-state index in [9.17, 15) is 19.6 Å². The molecule has 0 aromatic heterocycles. The lowest BCUT2D eigenvalue weighted by molar-refractivity contribution is -0.139. The number of esters is 1. The molecule has 9 nitrogen and oxygen atoms in total. The maximum Gasteiger partial charge on any atom is 0.341 e. The number of nitrogens with one attached hydrogen (secondary N) is 1. The summed E-state index contributed by atoms with van der Waals surface area (Å²) in [6.07, 6.45) is 1.37. The molecule has 0 aliphatic carbocycles. The van der Waals surface area contributed by atoms with Crippen LogP contribution < -0.4 is 14.8 Å². The molecule has 2 N–H and O–H groups in total. The van der Waals surface area contributed by atoms with E-state index in [0.29, 0.717) is 23.4 Å². The van der Waals surface area contributed by atoms with Crippen LogP contribution in [0.25, 0.3) is 6.08 Å². The third kappa shape index (κ3) is 6.88. The van der Waals surface area contributed by atoms with Crippen LogP contribution >= 0.6 is 0 Å². The lowest BCUT2D eigenvalue weighted by Gasteiger charge is -2.11. The number of nitriles is 1. The van der Waals surface area contributed by atoms with E-state index in [4.69, 9.17) is 19.3 Å². The number of hydrogen-bond acceptors (Lipinski definition) is 7. The molecule has 2 rings (SSSR count). The number of hydrogen-bond donors (Lipinski definition) is 2. The number of carbonyl (C=O) groups is 3. The second-order valence-electron chi connectivity index (χ2n) is 6.24. The number of carboxylic acids is 1. The van der Waals surface area contributed by atoms with Gasteiger partial charge in [0, 0.05) is 5.69 Å². The molecule has 0 radical (unpaired) electrons. The maximum atomic E-state index is 12.5. The van der Waals surface area contributed by atoms with Crippen LogP contribution in [-0.4, -0.2) is 42.8 Å². The lowest BCUT2D eigenvalue weighted by atomic mass is 10.1. The molecule has 0 heterocycles. The number of aliphatic carboxylic acids is 1. The smallest absolute Gasteiger partial charge is 0.341 e. The number of ether oxygens (including phenoxy) is 3. The Bertz CT molecular complexity index is 1050. The Hall–Kier alpha value is -4.32. The summed E-state index contributed by atoms with van der Waals surface area (Å²) < 4.78 is 15.6. The van der Waals surface area contributed by atoms with E-state index in [0.717, 1.165) is 0 Å². The SMILES string of the molecule is CCOC(=O)c1ccc(NC(=O)/C(C#N)=C/c2ccc(OCC(=O)O)c(OCC)c2)cc1. The Morgan fingerprint density at radius 3 is 2.34 bits per heavy atom. The van der Waals surface area contributed by atoms with Gasteiger partial charge in [-0.1, -0.05) is 6.07 Å². The summed E-state index contributed by atoms with van der Waals surface area (Å²) in [4.78, 5) is 34.9. The van der Waals surface area contributed by atoms with Crippen LogP contribution in [0.5, 0.6) is 11.5 Å². The summed E-state index contributed by atoms with van der Waals surface area (Å²) in [7, 11) is 0. The van der Waals surface area contributed by atoms with Crippen molar-refractivity contribution in [3.63, 3.8) is 0 Å². The Kier molecular flexibility index (Phi) is 8.80. The van der Waals surface area contributed by atoms with Gasteiger partial charge in [0.05, 0.1) is 18.8 Å². The molecule has 2 aromatic carbocycles. The zero-order valence-electron chi connectivity index (χ0n) is 17.6. The molecule has 0 aliphatic heterocycles. The predicted molar refractivity (Wildman–Crippen MR) is 115 cm³/mol. The van der Waals surface area contributed by atoms with Gasteiger partial charge in [-0.15, -0.1) is 0 Å². The van der Waals surface area contributed by atoms with E-state index in [-0.39, 0.29) is 23.7 Å². The minimum atomic E-state index is -1.13. The van der Waals surface area contributed by atoms with Crippen LogP contribution in [0.15, 0.2) is 48.0 Å². The molecule has 1 amide bonds. The molecule has 0 fully saturated rings. The fraction of sp³-hybridized carbons (Fsp3) is 0.217. The molecule has 0 unspecified atom stereocenters. The first-order chi connectivity index (χ1) is 15.4. The van der Waals surface area contributed by atoms with Crippen molar-refractivity contribution >= 4 is 29.6 Å². The van der Waals surface area contributed by atoms with E-state index in [1.54, 1.807) is 26.0 Å². The molecule has 0 aliphatic rings. The third-order valence-corrected chi connectivity index (χ3v) is 3.95. The van der Waals surface area contributed by atoms with Gasteiger partial charge in [-0.25, -0.2) is 9.59 Å². The van der Waals surface area contributed by atoms with Gasteiger partial charge in [0.25, 0.3) is 5.91 Å². The van der Waals surface area contributed by atoms with Crippen molar-refractivity contribution in [2.24, 2.45) is 0 Å². The van der Waals surface area contributed by atoms with Gasteiger partial charge < -0.3 is 24.6 Å². The molecule has 166 valence electrons. The molecular formula is C23H22N2O7. The fourth-order valence-electron chi connectivity index (χ4n) is 2.56. The van der Waals surface area contributed by atoms with E-state index in [1.807, 2.05) is 6.07 Å². The van der Waals surface area contributed by atoms with Crippen LogP contribution in [0.2, 0.25) is 0 Å². The number of nitrogens with zero attached hydrogens (tertiary/aromatic N) is 1. The Morgan fingerprint density at radius 2 is 1.75 bits per heavy atom. The van der Waals surface area contributed by atoms with Crippen molar-refractivity contribution in [3.05, 3.63) is 59.2 Å². The van der Waals surface area contributed by atoms with E-state index >= 15 is 0 Å². The first kappa shape index (κ1) is 24.0. The molecular weight excluding hydrogens is 416 g/mol. The highest BCUT2D eigenvalue weighted by Crippen LogP contribution is 2.29. The zero-order chi connectivity index (χ0) is 23.5. The number of carboxylic acid groups (broad SMARTS) is 1. The van der Waals surface area contributed by atoms with Gasteiger partial charge in [-0.2, -0.15) is 5.26 Å². The highest BCUT2D eigenvalue weighted by Gasteiger charge is 2.13. The standard InChI is InChI=1S/C23H22N2O7/c1-3-30-20-12-15(5-10-19(20)32-14-21(26)27)11-17(13-24)22(28)25-18-8-6-16(7-9-18)23(29)31-4-2/h5-12H,3-4,14H2,1-2H3,(H,25,28)(H,26,27)/b17-11+. The topological polar surface area (TPSA) is 135 Å². The number of amides is 1. The van der Waals surface area contributed by atoms with Crippen LogP contribution in [-0.2, 0) is 14.3 Å².